The maximum atomic E-state index is 10.1. The normalized spacial score (nSPS) is 24.0. The highest BCUT2D eigenvalue weighted by Gasteiger charge is 2.49. The summed E-state index contributed by atoms with van der Waals surface area (Å²) in [7, 11) is -1.98. The van der Waals surface area contributed by atoms with Gasteiger partial charge in [-0.1, -0.05) is 41.5 Å². The number of aliphatic hydroxyl groups is 1. The van der Waals surface area contributed by atoms with Gasteiger partial charge in [-0.15, -0.1) is 0 Å². The van der Waals surface area contributed by atoms with Crippen LogP contribution in [-0.2, 0) is 4.43 Å². The maximum Gasteiger partial charge on any atom is 0.200 e. The van der Waals surface area contributed by atoms with Crippen LogP contribution in [0, 0.1) is 5.92 Å². The molecule has 27 heavy (non-hydrogen) atoms. The molecule has 7 heteroatoms. The minimum Gasteiger partial charge on any atom is -0.413 e. The van der Waals surface area contributed by atoms with Crippen LogP contribution in [-0.4, -0.2) is 45.7 Å². The molecule has 0 amide bonds. The summed E-state index contributed by atoms with van der Waals surface area (Å²) < 4.78 is 9.18. The molecule has 3 rings (SSSR count). The van der Waals surface area contributed by atoms with Crippen LogP contribution in [0.4, 0.5) is 0 Å². The fraction of sp³-hybridized carbons (Fsp3) is 0.750. The smallest absolute Gasteiger partial charge is 0.200 e. The molecule has 0 aromatic carbocycles. The van der Waals surface area contributed by atoms with Crippen LogP contribution < -0.4 is 0 Å². The second kappa shape index (κ2) is 7.97. The van der Waals surface area contributed by atoms with Crippen LogP contribution in [0.5, 0.6) is 0 Å². The third-order valence-corrected chi connectivity index (χ3v) is 12.7. The highest BCUT2D eigenvalue weighted by atomic mass is 28.4. The SMILES string of the molecule is CC(C)[Si](O[C@H]1C[C@H](n2cnc3cncnc32)C[C@@H]1CO)(C(C)C)C(C)C. The minimum atomic E-state index is -1.98. The summed E-state index contributed by atoms with van der Waals surface area (Å²) in [5, 5.41) is 10.1. The molecule has 0 saturated heterocycles. The van der Waals surface area contributed by atoms with E-state index in [1.807, 2.05) is 6.33 Å². The van der Waals surface area contributed by atoms with E-state index in [-0.39, 0.29) is 24.7 Å². The lowest BCUT2D eigenvalue weighted by Gasteiger charge is -2.45. The Balaban J connectivity index is 1.88. The number of rotatable bonds is 7. The van der Waals surface area contributed by atoms with Gasteiger partial charge in [0.05, 0.1) is 18.6 Å². The van der Waals surface area contributed by atoms with Gasteiger partial charge in [0.2, 0.25) is 8.32 Å². The molecule has 1 fully saturated rings. The molecule has 0 bridgehead atoms. The van der Waals surface area contributed by atoms with E-state index < -0.39 is 8.32 Å². The summed E-state index contributed by atoms with van der Waals surface area (Å²) in [4.78, 5) is 12.9. The zero-order valence-corrected chi connectivity index (χ0v) is 18.5. The number of aliphatic hydroxyl groups excluding tert-OH is 1. The molecule has 3 atom stereocenters. The molecule has 0 unspecified atom stereocenters. The lowest BCUT2D eigenvalue weighted by molar-refractivity contribution is 0.0940. The fourth-order valence-corrected chi connectivity index (χ4v) is 11.0. The molecule has 0 aliphatic heterocycles. The van der Waals surface area contributed by atoms with Crippen molar-refractivity contribution in [3.63, 3.8) is 0 Å². The van der Waals surface area contributed by atoms with E-state index in [4.69, 9.17) is 4.43 Å². The van der Waals surface area contributed by atoms with Gasteiger partial charge in [-0.3, -0.25) is 0 Å². The molecule has 0 radical (unpaired) electrons. The number of aromatic nitrogens is 4. The van der Waals surface area contributed by atoms with Crippen molar-refractivity contribution in [2.24, 2.45) is 5.92 Å². The maximum absolute atomic E-state index is 10.1. The first-order valence-corrected chi connectivity index (χ1v) is 12.4. The van der Waals surface area contributed by atoms with Crippen molar-refractivity contribution < 1.29 is 9.53 Å². The van der Waals surface area contributed by atoms with Gasteiger partial charge in [-0.25, -0.2) is 15.0 Å². The Bertz CT molecular complexity index is 740. The van der Waals surface area contributed by atoms with Crippen molar-refractivity contribution in [1.29, 1.82) is 0 Å². The van der Waals surface area contributed by atoms with Crippen molar-refractivity contribution in [2.75, 3.05) is 6.61 Å². The van der Waals surface area contributed by atoms with Crippen molar-refractivity contribution in [1.82, 2.24) is 19.5 Å². The number of imidazole rings is 1. The Kier molecular flexibility index (Phi) is 6.03. The summed E-state index contributed by atoms with van der Waals surface area (Å²) in [6, 6.07) is 0.255. The zero-order chi connectivity index (χ0) is 19.8. The molecule has 1 N–H and O–H groups in total. The van der Waals surface area contributed by atoms with Crippen molar-refractivity contribution in [3.05, 3.63) is 18.9 Å². The van der Waals surface area contributed by atoms with Gasteiger partial charge in [-0.05, 0) is 29.5 Å². The number of hydrogen-bond acceptors (Lipinski definition) is 5. The second-order valence-corrected chi connectivity index (χ2v) is 14.3. The summed E-state index contributed by atoms with van der Waals surface area (Å²) >= 11 is 0. The van der Waals surface area contributed by atoms with Crippen LogP contribution in [0.1, 0.15) is 60.4 Å². The van der Waals surface area contributed by atoms with Crippen LogP contribution in [0.25, 0.3) is 11.2 Å². The lowest BCUT2D eigenvalue weighted by Crippen LogP contribution is -2.51. The standard InChI is InChI=1S/C20H34N4O2Si/c1-13(2)27(14(3)4,15(5)6)26-19-8-17(7-16(19)10-25)24-12-23-18-9-21-11-22-20(18)24/h9,11-17,19,25H,7-8,10H2,1-6H3/t16-,17-,19+/m1/s1. The monoisotopic (exact) mass is 390 g/mol. The first-order valence-electron chi connectivity index (χ1n) is 10.2. The highest BCUT2D eigenvalue weighted by Crippen LogP contribution is 2.47. The molecule has 1 aliphatic carbocycles. The van der Waals surface area contributed by atoms with E-state index in [1.54, 1.807) is 12.5 Å². The topological polar surface area (TPSA) is 73.1 Å². The Hall–Kier alpha value is -1.31. The first-order chi connectivity index (χ1) is 12.8. The van der Waals surface area contributed by atoms with E-state index in [0.29, 0.717) is 16.6 Å². The predicted molar refractivity (Wildman–Crippen MR) is 110 cm³/mol. The van der Waals surface area contributed by atoms with Gasteiger partial charge in [0.25, 0.3) is 0 Å². The Morgan fingerprint density at radius 1 is 1.11 bits per heavy atom. The molecule has 150 valence electrons. The van der Waals surface area contributed by atoms with Gasteiger partial charge in [0.1, 0.15) is 11.8 Å². The predicted octanol–water partition coefficient (Wildman–Crippen LogP) is 4.33. The van der Waals surface area contributed by atoms with E-state index in [9.17, 15) is 5.11 Å². The Labute approximate surface area is 163 Å². The van der Waals surface area contributed by atoms with E-state index in [2.05, 4.69) is 61.1 Å². The van der Waals surface area contributed by atoms with Gasteiger partial charge >= 0.3 is 0 Å². The number of nitrogens with zero attached hydrogens (tertiary/aromatic N) is 4. The number of hydrogen-bond donors (Lipinski definition) is 1. The molecule has 1 saturated carbocycles. The van der Waals surface area contributed by atoms with Gasteiger partial charge in [-0.2, -0.15) is 0 Å². The van der Waals surface area contributed by atoms with Crippen molar-refractivity contribution >= 4 is 19.5 Å². The fourth-order valence-electron chi connectivity index (χ4n) is 5.34. The summed E-state index contributed by atoms with van der Waals surface area (Å²) in [5.41, 5.74) is 3.30. The average Bonchev–Trinajstić information content (AvgIpc) is 3.22. The molecule has 2 heterocycles. The van der Waals surface area contributed by atoms with Gasteiger partial charge < -0.3 is 14.1 Å². The molecule has 1 aliphatic rings. The van der Waals surface area contributed by atoms with Crippen LogP contribution in [0.3, 0.4) is 0 Å². The van der Waals surface area contributed by atoms with Gasteiger partial charge in [0, 0.05) is 18.6 Å². The Morgan fingerprint density at radius 3 is 2.37 bits per heavy atom. The third kappa shape index (κ3) is 3.57. The molecule has 2 aromatic rings. The largest absolute Gasteiger partial charge is 0.413 e. The Morgan fingerprint density at radius 2 is 1.78 bits per heavy atom. The highest BCUT2D eigenvalue weighted by molar-refractivity contribution is 6.77. The third-order valence-electron chi connectivity index (χ3n) is 6.53. The molecular weight excluding hydrogens is 356 g/mol. The van der Waals surface area contributed by atoms with Gasteiger partial charge in [0.15, 0.2) is 5.65 Å². The first kappa shape index (κ1) is 20.4. The van der Waals surface area contributed by atoms with Crippen LogP contribution in [0.2, 0.25) is 16.6 Å². The zero-order valence-electron chi connectivity index (χ0n) is 17.5. The number of fused-ring (bicyclic) bond motifs is 1. The molecule has 2 aromatic heterocycles. The van der Waals surface area contributed by atoms with E-state index >= 15 is 0 Å². The van der Waals surface area contributed by atoms with E-state index in [1.165, 1.54) is 0 Å². The summed E-state index contributed by atoms with van der Waals surface area (Å²) in [6.45, 7) is 14.0. The minimum absolute atomic E-state index is 0.0955. The molecular formula is C20H34N4O2Si. The lowest BCUT2D eigenvalue weighted by atomic mass is 10.1. The van der Waals surface area contributed by atoms with Crippen molar-refractivity contribution in [3.8, 4) is 0 Å². The molecule has 0 spiro atoms. The van der Waals surface area contributed by atoms with Crippen LogP contribution in [0.15, 0.2) is 18.9 Å². The van der Waals surface area contributed by atoms with Crippen LogP contribution >= 0.6 is 0 Å². The van der Waals surface area contributed by atoms with E-state index in [0.717, 1.165) is 24.0 Å². The quantitative estimate of drug-likeness (QED) is 0.712. The van der Waals surface area contributed by atoms with Crippen molar-refractivity contribution in [2.45, 2.75) is 83.2 Å². The summed E-state index contributed by atoms with van der Waals surface area (Å²) in [5.74, 6) is 0.164. The molecule has 6 nitrogen and oxygen atoms in total. The summed E-state index contributed by atoms with van der Waals surface area (Å²) in [6.07, 6.45) is 7.08. The average molecular weight is 391 g/mol. The second-order valence-electron chi connectivity index (χ2n) is 8.93.